The maximum absolute atomic E-state index is 11.5. The van der Waals surface area contributed by atoms with E-state index in [0.717, 1.165) is 10.0 Å². The van der Waals surface area contributed by atoms with Crippen LogP contribution in [0.15, 0.2) is 22.7 Å². The Morgan fingerprint density at radius 1 is 1.60 bits per heavy atom. The second kappa shape index (κ2) is 5.52. The number of hydrogen-bond acceptors (Lipinski definition) is 2. The van der Waals surface area contributed by atoms with E-state index in [1.807, 2.05) is 12.1 Å². The monoisotopic (exact) mass is 290 g/mol. The number of benzene rings is 1. The van der Waals surface area contributed by atoms with Crippen molar-refractivity contribution in [3.05, 3.63) is 33.3 Å². The molecule has 0 spiro atoms. The maximum Gasteiger partial charge on any atom is 0.313 e. The molecular weight excluding hydrogens is 279 g/mol. The first-order valence-corrected chi connectivity index (χ1v) is 5.85. The van der Waals surface area contributed by atoms with Gasteiger partial charge in [-0.1, -0.05) is 33.6 Å². The molecule has 0 N–H and O–H groups in total. The highest BCUT2D eigenvalue weighted by atomic mass is 79.9. The summed E-state index contributed by atoms with van der Waals surface area (Å²) in [6.07, 6.45) is 0. The van der Waals surface area contributed by atoms with Crippen LogP contribution in [0.1, 0.15) is 25.3 Å². The van der Waals surface area contributed by atoms with Gasteiger partial charge in [-0.15, -0.1) is 0 Å². The zero-order valence-corrected chi connectivity index (χ0v) is 10.9. The summed E-state index contributed by atoms with van der Waals surface area (Å²) < 4.78 is 5.83. The lowest BCUT2D eigenvalue weighted by molar-refractivity contribution is -0.144. The van der Waals surface area contributed by atoms with Crippen molar-refractivity contribution in [2.75, 3.05) is 6.61 Å². The molecular formula is C11H12BrClO2. The summed E-state index contributed by atoms with van der Waals surface area (Å²) in [6.45, 7) is 3.96. The molecule has 15 heavy (non-hydrogen) atoms. The zero-order chi connectivity index (χ0) is 11.4. The third-order valence-corrected chi connectivity index (χ3v) is 2.89. The van der Waals surface area contributed by atoms with Gasteiger partial charge >= 0.3 is 5.97 Å². The van der Waals surface area contributed by atoms with E-state index in [9.17, 15) is 4.79 Å². The number of carbonyl (C=O) groups is 1. The van der Waals surface area contributed by atoms with E-state index >= 15 is 0 Å². The number of hydrogen-bond donors (Lipinski definition) is 0. The number of esters is 1. The average Bonchev–Trinajstić information content (AvgIpc) is 2.17. The van der Waals surface area contributed by atoms with Crippen LogP contribution in [0.25, 0.3) is 0 Å². The van der Waals surface area contributed by atoms with Gasteiger partial charge in [0.1, 0.15) is 0 Å². The molecule has 1 aromatic rings. The molecule has 0 radical (unpaired) electrons. The Morgan fingerprint density at radius 3 is 2.80 bits per heavy atom. The van der Waals surface area contributed by atoms with Crippen molar-refractivity contribution in [3.63, 3.8) is 0 Å². The molecule has 1 rings (SSSR count). The van der Waals surface area contributed by atoms with Crippen molar-refractivity contribution < 1.29 is 9.53 Å². The summed E-state index contributed by atoms with van der Waals surface area (Å²) in [7, 11) is 0. The summed E-state index contributed by atoms with van der Waals surface area (Å²) in [5, 5.41) is 0.574. The first-order valence-electron chi connectivity index (χ1n) is 4.67. The van der Waals surface area contributed by atoms with Gasteiger partial charge in [0.25, 0.3) is 0 Å². The lowest BCUT2D eigenvalue weighted by Gasteiger charge is -2.12. The molecule has 1 unspecified atom stereocenters. The SMILES string of the molecule is CCOC(=O)C(C)c1ccc(Br)cc1Cl. The molecule has 0 aliphatic rings. The predicted octanol–water partition coefficient (Wildman–Crippen LogP) is 3.77. The van der Waals surface area contributed by atoms with Crippen molar-refractivity contribution in [2.24, 2.45) is 0 Å². The fourth-order valence-electron chi connectivity index (χ4n) is 1.25. The Bertz CT molecular complexity index is 366. The molecule has 0 aliphatic heterocycles. The molecule has 1 aromatic carbocycles. The Kier molecular flexibility index (Phi) is 4.61. The zero-order valence-electron chi connectivity index (χ0n) is 8.59. The predicted molar refractivity (Wildman–Crippen MR) is 64.2 cm³/mol. The van der Waals surface area contributed by atoms with Crippen molar-refractivity contribution in [1.29, 1.82) is 0 Å². The van der Waals surface area contributed by atoms with Crippen molar-refractivity contribution in [2.45, 2.75) is 19.8 Å². The molecule has 0 saturated carbocycles. The van der Waals surface area contributed by atoms with E-state index in [-0.39, 0.29) is 11.9 Å². The Labute approximate surface area is 103 Å². The molecule has 1 atom stereocenters. The molecule has 82 valence electrons. The molecule has 0 saturated heterocycles. The van der Waals surface area contributed by atoms with Crippen LogP contribution in [-0.4, -0.2) is 12.6 Å². The largest absolute Gasteiger partial charge is 0.466 e. The third-order valence-electron chi connectivity index (χ3n) is 2.07. The molecule has 0 amide bonds. The second-order valence-electron chi connectivity index (χ2n) is 3.14. The van der Waals surface area contributed by atoms with Crippen LogP contribution in [0.4, 0.5) is 0 Å². The minimum Gasteiger partial charge on any atom is -0.466 e. The van der Waals surface area contributed by atoms with E-state index in [1.165, 1.54) is 0 Å². The van der Waals surface area contributed by atoms with Crippen LogP contribution in [0.2, 0.25) is 5.02 Å². The number of rotatable bonds is 3. The quantitative estimate of drug-likeness (QED) is 0.793. The highest BCUT2D eigenvalue weighted by Crippen LogP contribution is 2.28. The van der Waals surface area contributed by atoms with E-state index in [4.69, 9.17) is 16.3 Å². The molecule has 0 heterocycles. The summed E-state index contributed by atoms with van der Waals surface area (Å²) in [4.78, 5) is 11.5. The van der Waals surface area contributed by atoms with Gasteiger partial charge in [-0.3, -0.25) is 4.79 Å². The number of halogens is 2. The van der Waals surface area contributed by atoms with Gasteiger partial charge in [-0.05, 0) is 31.5 Å². The fraction of sp³-hybridized carbons (Fsp3) is 0.364. The molecule has 0 aliphatic carbocycles. The maximum atomic E-state index is 11.5. The van der Waals surface area contributed by atoms with E-state index in [0.29, 0.717) is 11.6 Å². The van der Waals surface area contributed by atoms with Gasteiger partial charge < -0.3 is 4.74 Å². The number of ether oxygens (including phenoxy) is 1. The van der Waals surface area contributed by atoms with Gasteiger partial charge in [-0.2, -0.15) is 0 Å². The van der Waals surface area contributed by atoms with Crippen LogP contribution in [0, 0.1) is 0 Å². The lowest BCUT2D eigenvalue weighted by Crippen LogP contribution is -2.13. The van der Waals surface area contributed by atoms with Gasteiger partial charge in [0.2, 0.25) is 0 Å². The first-order chi connectivity index (χ1) is 7.06. The summed E-state index contributed by atoms with van der Waals surface area (Å²) in [6, 6.07) is 5.46. The number of carbonyl (C=O) groups excluding carboxylic acids is 1. The Balaban J connectivity index is 2.91. The lowest BCUT2D eigenvalue weighted by atomic mass is 10.0. The van der Waals surface area contributed by atoms with Crippen molar-refractivity contribution in [1.82, 2.24) is 0 Å². The Morgan fingerprint density at radius 2 is 2.27 bits per heavy atom. The van der Waals surface area contributed by atoms with Crippen LogP contribution in [-0.2, 0) is 9.53 Å². The van der Waals surface area contributed by atoms with E-state index < -0.39 is 0 Å². The molecule has 0 fully saturated rings. The topological polar surface area (TPSA) is 26.3 Å². The van der Waals surface area contributed by atoms with Crippen molar-refractivity contribution >= 4 is 33.5 Å². The van der Waals surface area contributed by atoms with Gasteiger partial charge in [-0.25, -0.2) is 0 Å². The fourth-order valence-corrected chi connectivity index (χ4v) is 2.08. The molecule has 0 bridgehead atoms. The van der Waals surface area contributed by atoms with Crippen LogP contribution in [0.5, 0.6) is 0 Å². The second-order valence-corrected chi connectivity index (χ2v) is 4.46. The minimum atomic E-state index is -0.328. The van der Waals surface area contributed by atoms with Gasteiger partial charge in [0.15, 0.2) is 0 Å². The van der Waals surface area contributed by atoms with Gasteiger partial charge in [0, 0.05) is 9.50 Å². The highest BCUT2D eigenvalue weighted by Gasteiger charge is 2.18. The van der Waals surface area contributed by atoms with Crippen molar-refractivity contribution in [3.8, 4) is 0 Å². The van der Waals surface area contributed by atoms with E-state index in [2.05, 4.69) is 15.9 Å². The smallest absolute Gasteiger partial charge is 0.313 e. The molecule has 0 aromatic heterocycles. The first kappa shape index (κ1) is 12.5. The summed E-state index contributed by atoms with van der Waals surface area (Å²) in [5.74, 6) is -0.577. The van der Waals surface area contributed by atoms with Gasteiger partial charge in [0.05, 0.1) is 12.5 Å². The van der Waals surface area contributed by atoms with Crippen LogP contribution in [0.3, 0.4) is 0 Å². The average molecular weight is 292 g/mol. The minimum absolute atomic E-state index is 0.248. The summed E-state index contributed by atoms with van der Waals surface area (Å²) >= 11 is 9.34. The molecule has 4 heteroatoms. The molecule has 2 nitrogen and oxygen atoms in total. The Hall–Kier alpha value is -0.540. The standard InChI is InChI=1S/C11H12BrClO2/c1-3-15-11(14)7(2)9-5-4-8(12)6-10(9)13/h4-7H,3H2,1-2H3. The summed E-state index contributed by atoms with van der Waals surface area (Å²) in [5.41, 5.74) is 0.790. The van der Waals surface area contributed by atoms with Crippen LogP contribution < -0.4 is 0 Å². The van der Waals surface area contributed by atoms with Crippen LogP contribution >= 0.6 is 27.5 Å². The van der Waals surface area contributed by atoms with E-state index in [1.54, 1.807) is 19.9 Å². The third kappa shape index (κ3) is 3.21. The highest BCUT2D eigenvalue weighted by molar-refractivity contribution is 9.10. The normalized spacial score (nSPS) is 12.3.